The molecule has 0 spiro atoms. The summed E-state index contributed by atoms with van der Waals surface area (Å²) in [5.41, 5.74) is 2.12. The molecule has 0 radical (unpaired) electrons. The Morgan fingerprint density at radius 1 is 1.20 bits per heavy atom. The van der Waals surface area contributed by atoms with E-state index in [0.29, 0.717) is 26.3 Å². The van der Waals surface area contributed by atoms with Crippen LogP contribution in [0, 0.1) is 6.92 Å². The average molecular weight is 343 g/mol. The van der Waals surface area contributed by atoms with Gasteiger partial charge in [-0.2, -0.15) is 0 Å². The fraction of sp³-hybridized carbons (Fsp3) is 0.412. The standard InChI is InChI=1S/C17H21N5O3/c1-12-3-5-14(6-4-12)22-11-15(19-20-22)16(23)18-13(2)17(24)21-7-9-25-10-8-21/h3-6,11,13H,7-10H2,1-2H3,(H,18,23). The van der Waals surface area contributed by atoms with Crippen LogP contribution in [0.5, 0.6) is 0 Å². The lowest BCUT2D eigenvalue weighted by molar-refractivity contribution is -0.136. The number of amides is 2. The number of rotatable bonds is 4. The second-order valence-electron chi connectivity index (χ2n) is 6.02. The van der Waals surface area contributed by atoms with E-state index < -0.39 is 11.9 Å². The molecule has 3 rings (SSSR count). The normalized spacial score (nSPS) is 15.7. The Hall–Kier alpha value is -2.74. The van der Waals surface area contributed by atoms with E-state index in [1.165, 1.54) is 4.68 Å². The van der Waals surface area contributed by atoms with Crippen molar-refractivity contribution in [1.82, 2.24) is 25.2 Å². The molecular formula is C17H21N5O3. The number of nitrogens with zero attached hydrogens (tertiary/aromatic N) is 4. The predicted molar refractivity (Wildman–Crippen MR) is 90.4 cm³/mol. The summed E-state index contributed by atoms with van der Waals surface area (Å²) < 4.78 is 6.76. The minimum atomic E-state index is -0.630. The number of carbonyl (C=O) groups is 2. The molecule has 8 heteroatoms. The summed E-state index contributed by atoms with van der Waals surface area (Å²) in [5.74, 6) is -0.546. The van der Waals surface area contributed by atoms with Crippen molar-refractivity contribution in [3.05, 3.63) is 41.7 Å². The van der Waals surface area contributed by atoms with Gasteiger partial charge >= 0.3 is 0 Å². The smallest absolute Gasteiger partial charge is 0.274 e. The first-order valence-electron chi connectivity index (χ1n) is 8.21. The Morgan fingerprint density at radius 2 is 1.88 bits per heavy atom. The van der Waals surface area contributed by atoms with E-state index in [1.807, 2.05) is 31.2 Å². The first-order valence-corrected chi connectivity index (χ1v) is 8.21. The molecule has 1 aliphatic rings. The van der Waals surface area contributed by atoms with Gasteiger partial charge in [0.25, 0.3) is 5.91 Å². The van der Waals surface area contributed by atoms with Crippen LogP contribution >= 0.6 is 0 Å². The first-order chi connectivity index (χ1) is 12.0. The van der Waals surface area contributed by atoms with Gasteiger partial charge in [-0.3, -0.25) is 9.59 Å². The Balaban J connectivity index is 1.63. The molecule has 132 valence electrons. The number of hydrogen-bond donors (Lipinski definition) is 1. The van der Waals surface area contributed by atoms with E-state index in [2.05, 4.69) is 15.6 Å². The lowest BCUT2D eigenvalue weighted by Crippen LogP contribution is -2.50. The molecule has 0 bridgehead atoms. The van der Waals surface area contributed by atoms with Crippen LogP contribution in [0.4, 0.5) is 0 Å². The number of ether oxygens (including phenoxy) is 1. The number of benzene rings is 1. The van der Waals surface area contributed by atoms with Crippen molar-refractivity contribution < 1.29 is 14.3 Å². The lowest BCUT2D eigenvalue weighted by Gasteiger charge is -2.29. The second kappa shape index (κ2) is 7.43. The molecule has 1 unspecified atom stereocenters. The summed E-state index contributed by atoms with van der Waals surface area (Å²) in [6, 6.07) is 7.08. The molecule has 1 saturated heterocycles. The number of aryl methyl sites for hydroxylation is 1. The average Bonchev–Trinajstić information content (AvgIpc) is 3.12. The maximum atomic E-state index is 12.3. The van der Waals surface area contributed by atoms with Crippen LogP contribution in [0.15, 0.2) is 30.5 Å². The maximum Gasteiger partial charge on any atom is 0.274 e. The Bertz CT molecular complexity index is 750. The number of morpholine rings is 1. The largest absolute Gasteiger partial charge is 0.378 e. The predicted octanol–water partition coefficient (Wildman–Crippen LogP) is 0.553. The molecule has 1 N–H and O–H groups in total. The van der Waals surface area contributed by atoms with Crippen LogP contribution in [-0.2, 0) is 9.53 Å². The summed E-state index contributed by atoms with van der Waals surface area (Å²) in [5, 5.41) is 10.5. The summed E-state index contributed by atoms with van der Waals surface area (Å²) in [6.45, 7) is 5.80. The van der Waals surface area contributed by atoms with Crippen LogP contribution in [0.2, 0.25) is 0 Å². The van der Waals surface area contributed by atoms with Gasteiger partial charge in [0.2, 0.25) is 5.91 Å². The third kappa shape index (κ3) is 4.03. The molecule has 0 saturated carbocycles. The van der Waals surface area contributed by atoms with Gasteiger partial charge in [-0.15, -0.1) is 5.10 Å². The summed E-state index contributed by atoms with van der Waals surface area (Å²) in [4.78, 5) is 26.3. The molecule has 2 amide bonds. The molecule has 1 aromatic heterocycles. The Labute approximate surface area is 145 Å². The highest BCUT2D eigenvalue weighted by atomic mass is 16.5. The topological polar surface area (TPSA) is 89.4 Å². The van der Waals surface area contributed by atoms with Crippen molar-refractivity contribution >= 4 is 11.8 Å². The molecule has 1 aliphatic heterocycles. The minimum Gasteiger partial charge on any atom is -0.378 e. The minimum absolute atomic E-state index is 0.123. The van der Waals surface area contributed by atoms with Gasteiger partial charge < -0.3 is 15.0 Å². The maximum absolute atomic E-state index is 12.3. The molecule has 8 nitrogen and oxygen atoms in total. The van der Waals surface area contributed by atoms with Crippen LogP contribution in [0.25, 0.3) is 5.69 Å². The highest BCUT2D eigenvalue weighted by Gasteiger charge is 2.24. The van der Waals surface area contributed by atoms with Crippen molar-refractivity contribution in [2.24, 2.45) is 0 Å². The van der Waals surface area contributed by atoms with Crippen LogP contribution in [0.1, 0.15) is 23.0 Å². The zero-order valence-electron chi connectivity index (χ0n) is 14.3. The molecule has 1 fully saturated rings. The molecule has 2 aromatic rings. The number of carbonyl (C=O) groups excluding carboxylic acids is 2. The number of hydrogen-bond acceptors (Lipinski definition) is 5. The monoisotopic (exact) mass is 343 g/mol. The van der Waals surface area contributed by atoms with Crippen LogP contribution in [-0.4, -0.2) is 64.1 Å². The lowest BCUT2D eigenvalue weighted by atomic mass is 10.2. The van der Waals surface area contributed by atoms with Gasteiger partial charge in [0.1, 0.15) is 6.04 Å². The third-order valence-corrected chi connectivity index (χ3v) is 4.07. The van der Waals surface area contributed by atoms with Crippen molar-refractivity contribution in [1.29, 1.82) is 0 Å². The van der Waals surface area contributed by atoms with E-state index >= 15 is 0 Å². The van der Waals surface area contributed by atoms with E-state index in [0.717, 1.165) is 11.3 Å². The van der Waals surface area contributed by atoms with E-state index in [-0.39, 0.29) is 11.6 Å². The zero-order chi connectivity index (χ0) is 17.8. The van der Waals surface area contributed by atoms with Crippen molar-refractivity contribution in [3.8, 4) is 5.69 Å². The van der Waals surface area contributed by atoms with Gasteiger partial charge in [0.05, 0.1) is 25.1 Å². The third-order valence-electron chi connectivity index (χ3n) is 4.07. The summed E-state index contributed by atoms with van der Waals surface area (Å²) >= 11 is 0. The fourth-order valence-electron chi connectivity index (χ4n) is 2.58. The van der Waals surface area contributed by atoms with E-state index in [9.17, 15) is 9.59 Å². The van der Waals surface area contributed by atoms with Gasteiger partial charge in [-0.05, 0) is 26.0 Å². The highest BCUT2D eigenvalue weighted by Crippen LogP contribution is 2.09. The van der Waals surface area contributed by atoms with Crippen molar-refractivity contribution in [3.63, 3.8) is 0 Å². The molecule has 1 aromatic carbocycles. The molecule has 25 heavy (non-hydrogen) atoms. The summed E-state index contributed by atoms with van der Waals surface area (Å²) in [7, 11) is 0. The van der Waals surface area contributed by atoms with E-state index in [1.54, 1.807) is 18.0 Å². The van der Waals surface area contributed by atoms with Crippen LogP contribution < -0.4 is 5.32 Å². The van der Waals surface area contributed by atoms with Crippen molar-refractivity contribution in [2.45, 2.75) is 19.9 Å². The van der Waals surface area contributed by atoms with Gasteiger partial charge in [0.15, 0.2) is 5.69 Å². The molecule has 0 aliphatic carbocycles. The van der Waals surface area contributed by atoms with Gasteiger partial charge in [-0.25, -0.2) is 4.68 Å². The fourth-order valence-corrected chi connectivity index (χ4v) is 2.58. The first kappa shape index (κ1) is 17.1. The molecule has 2 heterocycles. The Kier molecular flexibility index (Phi) is 5.08. The van der Waals surface area contributed by atoms with Gasteiger partial charge in [-0.1, -0.05) is 22.9 Å². The highest BCUT2D eigenvalue weighted by molar-refractivity contribution is 5.95. The second-order valence-corrected chi connectivity index (χ2v) is 6.02. The molecule has 1 atom stereocenters. The summed E-state index contributed by atoms with van der Waals surface area (Å²) in [6.07, 6.45) is 1.55. The van der Waals surface area contributed by atoms with Gasteiger partial charge in [0, 0.05) is 13.1 Å². The van der Waals surface area contributed by atoms with Crippen molar-refractivity contribution in [2.75, 3.05) is 26.3 Å². The zero-order valence-corrected chi connectivity index (χ0v) is 14.3. The van der Waals surface area contributed by atoms with Crippen LogP contribution in [0.3, 0.4) is 0 Å². The van der Waals surface area contributed by atoms with E-state index in [4.69, 9.17) is 4.74 Å². The molecular weight excluding hydrogens is 322 g/mol. The number of nitrogens with one attached hydrogen (secondary N) is 1. The quantitative estimate of drug-likeness (QED) is 0.876. The Morgan fingerprint density at radius 3 is 2.56 bits per heavy atom. The number of aromatic nitrogens is 3. The SMILES string of the molecule is Cc1ccc(-n2cc(C(=O)NC(C)C(=O)N3CCOCC3)nn2)cc1.